The molecule has 17 heavy (non-hydrogen) atoms. The molecule has 5 heteroatoms. The number of pyridine rings is 1. The fourth-order valence-electron chi connectivity index (χ4n) is 1.23. The SMILES string of the molecule is CSc1ccc(Oc2ncc(Cl)cc2F)cc1. The topological polar surface area (TPSA) is 22.1 Å². The highest BCUT2D eigenvalue weighted by molar-refractivity contribution is 7.98. The van der Waals surface area contributed by atoms with Gasteiger partial charge in [-0.25, -0.2) is 9.37 Å². The number of rotatable bonds is 3. The van der Waals surface area contributed by atoms with Gasteiger partial charge in [0, 0.05) is 11.1 Å². The summed E-state index contributed by atoms with van der Waals surface area (Å²) < 4.78 is 18.7. The van der Waals surface area contributed by atoms with E-state index in [2.05, 4.69) is 4.98 Å². The molecule has 0 fully saturated rings. The number of nitrogens with zero attached hydrogens (tertiary/aromatic N) is 1. The Morgan fingerprint density at radius 3 is 2.59 bits per heavy atom. The van der Waals surface area contributed by atoms with E-state index in [4.69, 9.17) is 16.3 Å². The number of halogens is 2. The minimum absolute atomic E-state index is 0.0775. The van der Waals surface area contributed by atoms with Crippen molar-refractivity contribution >= 4 is 23.4 Å². The molecule has 0 bridgehead atoms. The molecule has 0 aliphatic rings. The number of thioether (sulfide) groups is 1. The molecule has 0 atom stereocenters. The molecule has 2 rings (SSSR count). The third-order valence-corrected chi connectivity index (χ3v) is 3.00. The van der Waals surface area contributed by atoms with Crippen molar-refractivity contribution in [3.63, 3.8) is 0 Å². The smallest absolute Gasteiger partial charge is 0.255 e. The van der Waals surface area contributed by atoms with Gasteiger partial charge in [-0.05, 0) is 36.6 Å². The number of benzene rings is 1. The number of ether oxygens (including phenoxy) is 1. The maximum atomic E-state index is 13.4. The lowest BCUT2D eigenvalue weighted by molar-refractivity contribution is 0.422. The van der Waals surface area contributed by atoms with E-state index in [0.29, 0.717) is 5.75 Å². The Labute approximate surface area is 108 Å². The average molecular weight is 270 g/mol. The fourth-order valence-corrected chi connectivity index (χ4v) is 1.79. The van der Waals surface area contributed by atoms with Gasteiger partial charge in [0.2, 0.25) is 0 Å². The van der Waals surface area contributed by atoms with Crippen LogP contribution in [-0.2, 0) is 0 Å². The summed E-state index contributed by atoms with van der Waals surface area (Å²) in [6.45, 7) is 0. The second-order valence-corrected chi connectivity index (χ2v) is 4.53. The molecule has 1 aromatic carbocycles. The van der Waals surface area contributed by atoms with E-state index >= 15 is 0 Å². The van der Waals surface area contributed by atoms with Crippen LogP contribution in [0, 0.1) is 5.82 Å². The van der Waals surface area contributed by atoms with E-state index in [1.165, 1.54) is 12.3 Å². The quantitative estimate of drug-likeness (QED) is 0.772. The van der Waals surface area contributed by atoms with E-state index in [9.17, 15) is 4.39 Å². The minimum Gasteiger partial charge on any atom is -0.436 e. The lowest BCUT2D eigenvalue weighted by Crippen LogP contribution is -1.91. The first kappa shape index (κ1) is 12.2. The average Bonchev–Trinajstić information content (AvgIpc) is 2.34. The second-order valence-electron chi connectivity index (χ2n) is 3.22. The monoisotopic (exact) mass is 269 g/mol. The molecule has 0 aliphatic carbocycles. The van der Waals surface area contributed by atoms with Gasteiger partial charge in [-0.3, -0.25) is 0 Å². The van der Waals surface area contributed by atoms with Gasteiger partial charge in [0.25, 0.3) is 5.88 Å². The highest BCUT2D eigenvalue weighted by atomic mass is 35.5. The number of hydrogen-bond acceptors (Lipinski definition) is 3. The molecule has 0 spiro atoms. The highest BCUT2D eigenvalue weighted by Gasteiger charge is 2.07. The largest absolute Gasteiger partial charge is 0.436 e. The van der Waals surface area contributed by atoms with E-state index in [-0.39, 0.29) is 10.9 Å². The summed E-state index contributed by atoms with van der Waals surface area (Å²) in [6.07, 6.45) is 3.33. The van der Waals surface area contributed by atoms with E-state index in [1.54, 1.807) is 23.9 Å². The standard InChI is InChI=1S/C12H9ClFNOS/c1-17-10-4-2-9(3-5-10)16-12-11(14)6-8(13)7-15-12/h2-7H,1H3. The van der Waals surface area contributed by atoms with Crippen molar-refractivity contribution in [1.29, 1.82) is 0 Å². The Morgan fingerprint density at radius 1 is 1.29 bits per heavy atom. The van der Waals surface area contributed by atoms with Gasteiger partial charge >= 0.3 is 0 Å². The Kier molecular flexibility index (Phi) is 3.86. The van der Waals surface area contributed by atoms with Crippen LogP contribution in [0.4, 0.5) is 4.39 Å². The second kappa shape index (κ2) is 5.38. The molecule has 0 radical (unpaired) electrons. The van der Waals surface area contributed by atoms with Crippen molar-refractivity contribution in [2.45, 2.75) is 4.90 Å². The number of aromatic nitrogens is 1. The third-order valence-electron chi connectivity index (χ3n) is 2.05. The van der Waals surface area contributed by atoms with Crippen LogP contribution in [0.1, 0.15) is 0 Å². The summed E-state index contributed by atoms with van der Waals surface area (Å²) in [6, 6.07) is 8.49. The summed E-state index contributed by atoms with van der Waals surface area (Å²) in [5, 5.41) is 0.243. The first-order valence-electron chi connectivity index (χ1n) is 4.82. The maximum absolute atomic E-state index is 13.4. The molecule has 0 amide bonds. The van der Waals surface area contributed by atoms with E-state index < -0.39 is 5.82 Å². The predicted molar refractivity (Wildman–Crippen MR) is 67.5 cm³/mol. The van der Waals surface area contributed by atoms with Crippen molar-refractivity contribution in [1.82, 2.24) is 4.98 Å². The molecule has 0 N–H and O–H groups in total. The Hall–Kier alpha value is -1.26. The zero-order valence-corrected chi connectivity index (χ0v) is 10.6. The van der Waals surface area contributed by atoms with Crippen molar-refractivity contribution < 1.29 is 9.13 Å². The van der Waals surface area contributed by atoms with Crippen molar-refractivity contribution in [2.24, 2.45) is 0 Å². The van der Waals surface area contributed by atoms with Crippen LogP contribution < -0.4 is 4.74 Å². The lowest BCUT2D eigenvalue weighted by atomic mass is 10.3. The molecular formula is C12H9ClFNOS. The van der Waals surface area contributed by atoms with Gasteiger partial charge in [0.1, 0.15) is 5.75 Å². The first-order chi connectivity index (χ1) is 8.19. The molecule has 1 heterocycles. The molecule has 0 aliphatic heterocycles. The van der Waals surface area contributed by atoms with Crippen LogP contribution >= 0.6 is 23.4 Å². The van der Waals surface area contributed by atoms with Crippen LogP contribution in [0.5, 0.6) is 11.6 Å². The summed E-state index contributed by atoms with van der Waals surface area (Å²) in [5.74, 6) is -0.116. The molecule has 1 aromatic heterocycles. The molecule has 0 saturated heterocycles. The molecular weight excluding hydrogens is 261 g/mol. The summed E-state index contributed by atoms with van der Waals surface area (Å²) in [5.41, 5.74) is 0. The highest BCUT2D eigenvalue weighted by Crippen LogP contribution is 2.25. The van der Waals surface area contributed by atoms with Gasteiger partial charge in [0.15, 0.2) is 5.82 Å². The minimum atomic E-state index is -0.577. The Bertz CT molecular complexity index is 518. The van der Waals surface area contributed by atoms with Crippen LogP contribution in [-0.4, -0.2) is 11.2 Å². The third kappa shape index (κ3) is 3.11. The lowest BCUT2D eigenvalue weighted by Gasteiger charge is -2.06. The zero-order chi connectivity index (χ0) is 12.3. The fraction of sp³-hybridized carbons (Fsp3) is 0.0833. The zero-order valence-electron chi connectivity index (χ0n) is 8.98. The van der Waals surface area contributed by atoms with Crippen LogP contribution in [0.25, 0.3) is 0 Å². The van der Waals surface area contributed by atoms with Gasteiger partial charge in [-0.15, -0.1) is 11.8 Å². The van der Waals surface area contributed by atoms with Gasteiger partial charge in [0.05, 0.1) is 5.02 Å². The van der Waals surface area contributed by atoms with Crippen LogP contribution in [0.3, 0.4) is 0 Å². The van der Waals surface area contributed by atoms with Crippen molar-refractivity contribution in [3.05, 3.63) is 47.4 Å². The van der Waals surface area contributed by atoms with Gasteiger partial charge in [-0.2, -0.15) is 0 Å². The molecule has 2 aromatic rings. The molecule has 0 saturated carbocycles. The first-order valence-corrected chi connectivity index (χ1v) is 6.42. The van der Waals surface area contributed by atoms with E-state index in [1.807, 2.05) is 18.4 Å². The van der Waals surface area contributed by atoms with Crippen molar-refractivity contribution in [3.8, 4) is 11.6 Å². The molecule has 88 valence electrons. The van der Waals surface area contributed by atoms with Gasteiger partial charge in [-0.1, -0.05) is 11.6 Å². The van der Waals surface area contributed by atoms with E-state index in [0.717, 1.165) is 4.90 Å². The predicted octanol–water partition coefficient (Wildman–Crippen LogP) is 4.39. The normalized spacial score (nSPS) is 10.3. The van der Waals surface area contributed by atoms with Crippen LogP contribution in [0.2, 0.25) is 5.02 Å². The summed E-state index contributed by atoms with van der Waals surface area (Å²) in [4.78, 5) is 4.89. The molecule has 0 unspecified atom stereocenters. The Morgan fingerprint density at radius 2 is 2.00 bits per heavy atom. The van der Waals surface area contributed by atoms with Gasteiger partial charge < -0.3 is 4.74 Å². The Balaban J connectivity index is 2.19. The summed E-state index contributed by atoms with van der Waals surface area (Å²) in [7, 11) is 0. The summed E-state index contributed by atoms with van der Waals surface area (Å²) >= 11 is 7.22. The van der Waals surface area contributed by atoms with Crippen molar-refractivity contribution in [2.75, 3.05) is 6.26 Å². The number of hydrogen-bond donors (Lipinski definition) is 0. The van der Waals surface area contributed by atoms with Crippen LogP contribution in [0.15, 0.2) is 41.4 Å². The molecule has 2 nitrogen and oxygen atoms in total. The maximum Gasteiger partial charge on any atom is 0.255 e.